The molecule has 168 valence electrons. The Hall–Kier alpha value is -2.27. The van der Waals surface area contributed by atoms with Crippen LogP contribution in [0.1, 0.15) is 22.3 Å². The van der Waals surface area contributed by atoms with Crippen molar-refractivity contribution in [3.8, 4) is 0 Å². The average Bonchev–Trinajstić information content (AvgIpc) is 2.62. The first-order valence-corrected chi connectivity index (χ1v) is 9.65. The molecule has 2 aromatic rings. The Morgan fingerprint density at radius 1 is 1.00 bits per heavy atom. The monoisotopic (exact) mass is 530 g/mol. The van der Waals surface area contributed by atoms with E-state index < -0.39 is 53.3 Å². The maximum Gasteiger partial charge on any atom is 0.416 e. The summed E-state index contributed by atoms with van der Waals surface area (Å²) < 4.78 is 78.3. The summed E-state index contributed by atoms with van der Waals surface area (Å²) in [7, 11) is 0. The van der Waals surface area contributed by atoms with E-state index in [0.717, 1.165) is 0 Å². The topological polar surface area (TPSA) is 72.2 Å². The number of primary amides is 1. The van der Waals surface area contributed by atoms with Gasteiger partial charge in [0.1, 0.15) is 6.04 Å². The molecular weight excluding hydrogens is 518 g/mol. The Bertz CT molecular complexity index is 962. The lowest BCUT2D eigenvalue weighted by Gasteiger charge is -2.18. The number of carbonyl (C=O) groups excluding carboxylic acids is 2. The van der Waals surface area contributed by atoms with Crippen LogP contribution in [0.3, 0.4) is 0 Å². The zero-order valence-electron chi connectivity index (χ0n) is 15.4. The van der Waals surface area contributed by atoms with Gasteiger partial charge in [-0.3, -0.25) is 9.59 Å². The summed E-state index contributed by atoms with van der Waals surface area (Å²) in [6, 6.07) is 4.26. The molecule has 4 nitrogen and oxygen atoms in total. The molecule has 2 rings (SSSR count). The molecule has 0 saturated heterocycles. The first-order chi connectivity index (χ1) is 14.2. The van der Waals surface area contributed by atoms with E-state index >= 15 is 0 Å². The molecule has 0 aliphatic heterocycles. The maximum atomic E-state index is 13.0. The number of amides is 2. The predicted octanol–water partition coefficient (Wildman–Crippen LogP) is 4.90. The first kappa shape index (κ1) is 25.0. The molecule has 12 heteroatoms. The maximum absolute atomic E-state index is 13.0. The van der Waals surface area contributed by atoms with Crippen molar-refractivity contribution < 1.29 is 35.9 Å². The van der Waals surface area contributed by atoms with E-state index in [9.17, 15) is 35.9 Å². The fourth-order valence-corrected chi connectivity index (χ4v) is 3.30. The highest BCUT2D eigenvalue weighted by Crippen LogP contribution is 2.36. The van der Waals surface area contributed by atoms with Crippen LogP contribution in [0.25, 0.3) is 0 Å². The van der Waals surface area contributed by atoms with Gasteiger partial charge in [-0.1, -0.05) is 27.5 Å². The highest BCUT2D eigenvalue weighted by atomic mass is 79.9. The van der Waals surface area contributed by atoms with E-state index in [2.05, 4.69) is 21.2 Å². The summed E-state index contributed by atoms with van der Waals surface area (Å²) in [5.41, 5.74) is 2.18. The van der Waals surface area contributed by atoms with Crippen molar-refractivity contribution in [2.75, 3.05) is 0 Å². The largest absolute Gasteiger partial charge is 0.416 e. The van der Waals surface area contributed by atoms with Crippen LogP contribution in [0.4, 0.5) is 26.3 Å². The molecule has 0 saturated carbocycles. The highest BCUT2D eigenvalue weighted by molar-refractivity contribution is 9.10. The van der Waals surface area contributed by atoms with Gasteiger partial charge < -0.3 is 11.1 Å². The van der Waals surface area contributed by atoms with Gasteiger partial charge >= 0.3 is 12.4 Å². The van der Waals surface area contributed by atoms with Crippen molar-refractivity contribution in [1.82, 2.24) is 5.32 Å². The standard InChI is InChI=1S/C19H14BrClF6N2O2/c20-14-2-1-13(21)6-10(14)7-15(17(28)31)29-16(30)5-9-3-11(18(22,23)24)8-12(4-9)19(25,26)27/h1-4,6,8,15H,5,7H2,(H2,28,31)(H,29,30)/t15-/m1/s1. The molecule has 31 heavy (non-hydrogen) atoms. The summed E-state index contributed by atoms with van der Waals surface area (Å²) in [4.78, 5) is 24.0. The van der Waals surface area contributed by atoms with Gasteiger partial charge in [-0.05, 0) is 47.5 Å². The van der Waals surface area contributed by atoms with Crippen molar-refractivity contribution in [3.05, 3.63) is 68.1 Å². The van der Waals surface area contributed by atoms with Crippen LogP contribution >= 0.6 is 27.5 Å². The van der Waals surface area contributed by atoms with Crippen molar-refractivity contribution in [3.63, 3.8) is 0 Å². The molecule has 0 spiro atoms. The number of hydrogen-bond acceptors (Lipinski definition) is 2. The third-order valence-corrected chi connectivity index (χ3v) is 5.13. The van der Waals surface area contributed by atoms with Crippen LogP contribution in [-0.4, -0.2) is 17.9 Å². The van der Waals surface area contributed by atoms with Crippen LogP contribution in [0.15, 0.2) is 40.9 Å². The van der Waals surface area contributed by atoms with Crippen LogP contribution in [0.2, 0.25) is 5.02 Å². The molecule has 0 unspecified atom stereocenters. The molecule has 0 heterocycles. The Morgan fingerprint density at radius 3 is 2.03 bits per heavy atom. The number of halogens is 8. The lowest BCUT2D eigenvalue weighted by atomic mass is 10.0. The van der Waals surface area contributed by atoms with Crippen LogP contribution in [0.5, 0.6) is 0 Å². The number of rotatable bonds is 6. The van der Waals surface area contributed by atoms with Gasteiger partial charge in [0.25, 0.3) is 0 Å². The van der Waals surface area contributed by atoms with E-state index in [0.29, 0.717) is 27.2 Å². The first-order valence-electron chi connectivity index (χ1n) is 8.48. The van der Waals surface area contributed by atoms with Gasteiger partial charge in [0.15, 0.2) is 0 Å². The quantitative estimate of drug-likeness (QED) is 0.521. The molecule has 0 aliphatic rings. The van der Waals surface area contributed by atoms with Gasteiger partial charge in [-0.15, -0.1) is 0 Å². The lowest BCUT2D eigenvalue weighted by Crippen LogP contribution is -2.46. The van der Waals surface area contributed by atoms with Gasteiger partial charge in [-0.25, -0.2) is 0 Å². The van der Waals surface area contributed by atoms with E-state index in [1.807, 2.05) is 0 Å². The molecule has 0 bridgehead atoms. The van der Waals surface area contributed by atoms with Crippen LogP contribution in [-0.2, 0) is 34.8 Å². The van der Waals surface area contributed by atoms with Gasteiger partial charge in [0.05, 0.1) is 17.5 Å². The molecule has 0 aliphatic carbocycles. The molecule has 1 atom stereocenters. The normalized spacial score (nSPS) is 13.0. The highest BCUT2D eigenvalue weighted by Gasteiger charge is 2.37. The summed E-state index contributed by atoms with van der Waals surface area (Å²) in [5.74, 6) is -1.92. The fourth-order valence-electron chi connectivity index (χ4n) is 2.69. The van der Waals surface area contributed by atoms with E-state index in [1.54, 1.807) is 12.1 Å². The summed E-state index contributed by atoms with van der Waals surface area (Å²) in [6.07, 6.45) is -11.0. The minimum Gasteiger partial charge on any atom is -0.368 e. The number of benzene rings is 2. The van der Waals surface area contributed by atoms with Crippen molar-refractivity contribution in [2.24, 2.45) is 5.73 Å². The van der Waals surface area contributed by atoms with Gasteiger partial charge in [0, 0.05) is 15.9 Å². The molecule has 0 radical (unpaired) electrons. The third kappa shape index (κ3) is 7.13. The van der Waals surface area contributed by atoms with Crippen molar-refractivity contribution >= 4 is 39.3 Å². The average molecular weight is 532 g/mol. The Balaban J connectivity index is 2.24. The predicted molar refractivity (Wildman–Crippen MR) is 104 cm³/mol. The van der Waals surface area contributed by atoms with Crippen molar-refractivity contribution in [2.45, 2.75) is 31.2 Å². The number of alkyl halides is 6. The Labute approximate surface area is 185 Å². The minimum atomic E-state index is -5.04. The smallest absolute Gasteiger partial charge is 0.368 e. The zero-order chi connectivity index (χ0) is 23.6. The van der Waals surface area contributed by atoms with E-state index in [-0.39, 0.29) is 12.5 Å². The van der Waals surface area contributed by atoms with Gasteiger partial charge in [0.2, 0.25) is 11.8 Å². The van der Waals surface area contributed by atoms with E-state index in [1.165, 1.54) is 6.07 Å². The summed E-state index contributed by atoms with van der Waals surface area (Å²) >= 11 is 9.13. The molecule has 2 amide bonds. The third-order valence-electron chi connectivity index (χ3n) is 4.12. The second-order valence-electron chi connectivity index (χ2n) is 6.55. The number of carbonyl (C=O) groups is 2. The fraction of sp³-hybridized carbons (Fsp3) is 0.263. The van der Waals surface area contributed by atoms with E-state index in [4.69, 9.17) is 17.3 Å². The second kappa shape index (κ2) is 9.47. The number of hydrogen-bond donors (Lipinski definition) is 2. The number of nitrogens with one attached hydrogen (secondary N) is 1. The summed E-state index contributed by atoms with van der Waals surface area (Å²) in [6.45, 7) is 0. The van der Waals surface area contributed by atoms with Crippen molar-refractivity contribution in [1.29, 1.82) is 0 Å². The lowest BCUT2D eigenvalue weighted by molar-refractivity contribution is -0.143. The Morgan fingerprint density at radius 2 is 1.55 bits per heavy atom. The zero-order valence-corrected chi connectivity index (χ0v) is 17.7. The molecular formula is C19H14BrClF6N2O2. The molecule has 0 fully saturated rings. The number of nitrogens with two attached hydrogens (primary N) is 1. The van der Waals surface area contributed by atoms with Crippen LogP contribution < -0.4 is 11.1 Å². The molecule has 2 aromatic carbocycles. The minimum absolute atomic E-state index is 0.0374. The SMILES string of the molecule is NC(=O)[C@@H](Cc1cc(Cl)ccc1Br)NC(=O)Cc1cc(C(F)(F)F)cc(C(F)(F)F)c1. The summed E-state index contributed by atoms with van der Waals surface area (Å²) in [5, 5.41) is 2.58. The van der Waals surface area contributed by atoms with Crippen LogP contribution in [0, 0.1) is 0 Å². The van der Waals surface area contributed by atoms with Gasteiger partial charge in [-0.2, -0.15) is 26.3 Å². The molecule has 0 aromatic heterocycles. The second-order valence-corrected chi connectivity index (χ2v) is 7.84. The molecule has 3 N–H and O–H groups in total. The Kier molecular flexibility index (Phi) is 7.64.